The van der Waals surface area contributed by atoms with E-state index in [9.17, 15) is 4.79 Å². The molecule has 3 aromatic heterocycles. The van der Waals surface area contributed by atoms with Crippen LogP contribution in [0.4, 0.5) is 5.13 Å². The fourth-order valence-electron chi connectivity index (χ4n) is 3.17. The van der Waals surface area contributed by atoms with E-state index in [-0.39, 0.29) is 17.6 Å². The number of fused-ring (bicyclic) bond motifs is 1. The molecule has 9 heteroatoms. The van der Waals surface area contributed by atoms with E-state index in [4.69, 9.17) is 9.47 Å². The molecule has 4 rings (SSSR count). The van der Waals surface area contributed by atoms with Crippen molar-refractivity contribution in [2.45, 2.75) is 6.92 Å². The Morgan fingerprint density at radius 3 is 2.69 bits per heavy atom. The van der Waals surface area contributed by atoms with Gasteiger partial charge in [0.1, 0.15) is 5.69 Å². The molecule has 0 aliphatic rings. The minimum absolute atomic E-state index is 0.0562. The van der Waals surface area contributed by atoms with E-state index in [1.54, 1.807) is 0 Å². The highest BCUT2D eigenvalue weighted by molar-refractivity contribution is 7.14. The number of anilines is 1. The van der Waals surface area contributed by atoms with Crippen LogP contribution >= 0.6 is 11.3 Å². The number of para-hydroxylation sites is 1. The van der Waals surface area contributed by atoms with Crippen molar-refractivity contribution in [1.82, 2.24) is 19.5 Å². The molecule has 4 aromatic rings. The fourth-order valence-corrected chi connectivity index (χ4v) is 3.86. The third-order valence-electron chi connectivity index (χ3n) is 4.69. The summed E-state index contributed by atoms with van der Waals surface area (Å²) >= 11 is 1.36. The van der Waals surface area contributed by atoms with Crippen LogP contribution in [0, 0.1) is 6.92 Å². The third kappa shape index (κ3) is 3.40. The van der Waals surface area contributed by atoms with Gasteiger partial charge in [-0.05, 0) is 13.0 Å². The monoisotopic (exact) mass is 409 g/mol. The second kappa shape index (κ2) is 7.51. The Kier molecular flexibility index (Phi) is 4.89. The molecular formula is C20H19N5O3S. The van der Waals surface area contributed by atoms with Gasteiger partial charge in [-0.2, -0.15) is 9.97 Å². The molecule has 0 aliphatic carbocycles. The third-order valence-corrected chi connectivity index (χ3v) is 5.44. The van der Waals surface area contributed by atoms with Crippen LogP contribution in [0.1, 0.15) is 16.2 Å². The molecule has 0 saturated heterocycles. The maximum Gasteiger partial charge on any atom is 0.320 e. The summed E-state index contributed by atoms with van der Waals surface area (Å²) in [6, 6.07) is 9.69. The van der Waals surface area contributed by atoms with Crippen molar-refractivity contribution in [3.8, 4) is 23.1 Å². The van der Waals surface area contributed by atoms with Gasteiger partial charge in [0.2, 0.25) is 5.88 Å². The molecule has 0 unspecified atom stereocenters. The van der Waals surface area contributed by atoms with E-state index in [0.717, 1.165) is 27.9 Å². The predicted octanol–water partition coefficient (Wildman–Crippen LogP) is 3.67. The average molecular weight is 409 g/mol. The molecule has 0 atom stereocenters. The lowest BCUT2D eigenvalue weighted by Crippen LogP contribution is -2.14. The average Bonchev–Trinajstić information content (AvgIpc) is 3.30. The predicted molar refractivity (Wildman–Crippen MR) is 112 cm³/mol. The second-order valence-corrected chi connectivity index (χ2v) is 7.17. The number of amides is 1. The minimum atomic E-state index is -0.417. The molecular weight excluding hydrogens is 390 g/mol. The lowest BCUT2D eigenvalue weighted by molar-refractivity contribution is 0.102. The number of rotatable bonds is 5. The van der Waals surface area contributed by atoms with Crippen LogP contribution in [0.5, 0.6) is 11.9 Å². The molecule has 0 fully saturated rings. The summed E-state index contributed by atoms with van der Waals surface area (Å²) in [5.74, 6) is -0.173. The number of thiazole rings is 1. The summed E-state index contributed by atoms with van der Waals surface area (Å²) in [6.07, 6.45) is 0. The SMILES string of the molecule is COc1cc(C(=O)Nc2nc(-c3c(C)n(C)c4ccccc34)cs2)nc(OC)n1. The Morgan fingerprint density at radius 1 is 1.14 bits per heavy atom. The number of carbonyl (C=O) groups excluding carboxylic acids is 1. The zero-order chi connectivity index (χ0) is 20.5. The molecule has 0 saturated carbocycles. The lowest BCUT2D eigenvalue weighted by Gasteiger charge is -2.05. The van der Waals surface area contributed by atoms with Gasteiger partial charge in [0, 0.05) is 40.7 Å². The summed E-state index contributed by atoms with van der Waals surface area (Å²) in [4.78, 5) is 25.3. The first kappa shape index (κ1) is 18.9. The van der Waals surface area contributed by atoms with Crippen molar-refractivity contribution in [1.29, 1.82) is 0 Å². The van der Waals surface area contributed by atoms with Gasteiger partial charge >= 0.3 is 6.01 Å². The minimum Gasteiger partial charge on any atom is -0.481 e. The number of nitrogens with one attached hydrogen (secondary N) is 1. The topological polar surface area (TPSA) is 91.2 Å². The quantitative estimate of drug-likeness (QED) is 0.541. The summed E-state index contributed by atoms with van der Waals surface area (Å²) in [5, 5.41) is 6.33. The van der Waals surface area contributed by atoms with E-state index in [0.29, 0.717) is 5.13 Å². The van der Waals surface area contributed by atoms with Gasteiger partial charge < -0.3 is 14.0 Å². The largest absolute Gasteiger partial charge is 0.481 e. The normalized spacial score (nSPS) is 10.9. The first-order valence-corrected chi connectivity index (χ1v) is 9.68. The van der Waals surface area contributed by atoms with Crippen LogP contribution in [-0.2, 0) is 7.05 Å². The highest BCUT2D eigenvalue weighted by Gasteiger charge is 2.18. The number of aromatic nitrogens is 4. The summed E-state index contributed by atoms with van der Waals surface area (Å²) in [6.45, 7) is 2.06. The van der Waals surface area contributed by atoms with Gasteiger partial charge in [0.15, 0.2) is 5.13 Å². The zero-order valence-corrected chi connectivity index (χ0v) is 17.2. The van der Waals surface area contributed by atoms with Crippen LogP contribution in [0.3, 0.4) is 0 Å². The summed E-state index contributed by atoms with van der Waals surface area (Å²) in [7, 11) is 4.92. The highest BCUT2D eigenvalue weighted by Crippen LogP contribution is 2.35. The molecule has 3 heterocycles. The first-order valence-electron chi connectivity index (χ1n) is 8.80. The Hall–Kier alpha value is -3.46. The van der Waals surface area contributed by atoms with Crippen LogP contribution in [0.2, 0.25) is 0 Å². The Morgan fingerprint density at radius 2 is 1.93 bits per heavy atom. The summed E-state index contributed by atoms with van der Waals surface area (Å²) in [5.41, 5.74) is 4.26. The molecule has 0 spiro atoms. The van der Waals surface area contributed by atoms with Gasteiger partial charge in [-0.1, -0.05) is 18.2 Å². The van der Waals surface area contributed by atoms with Gasteiger partial charge in [-0.15, -0.1) is 11.3 Å². The van der Waals surface area contributed by atoms with Gasteiger partial charge in [0.05, 0.1) is 19.9 Å². The van der Waals surface area contributed by atoms with E-state index in [2.05, 4.69) is 43.9 Å². The maximum absolute atomic E-state index is 12.6. The molecule has 1 N–H and O–H groups in total. The number of ether oxygens (including phenoxy) is 2. The smallest absolute Gasteiger partial charge is 0.320 e. The van der Waals surface area contributed by atoms with E-state index < -0.39 is 5.91 Å². The molecule has 0 bridgehead atoms. The van der Waals surface area contributed by atoms with E-state index >= 15 is 0 Å². The van der Waals surface area contributed by atoms with Crippen molar-refractivity contribution < 1.29 is 14.3 Å². The van der Waals surface area contributed by atoms with Crippen LogP contribution in [0.15, 0.2) is 35.7 Å². The standard InChI is InChI=1S/C20H19N5O3S/c1-11-17(12-7-5-6-8-15(12)25(11)2)14-10-29-20(22-14)24-18(26)13-9-16(27-3)23-19(21-13)28-4/h5-10H,1-4H3,(H,22,24,26). The number of hydrogen-bond acceptors (Lipinski definition) is 7. The Labute approximate surface area is 171 Å². The van der Waals surface area contributed by atoms with Crippen molar-refractivity contribution in [2.75, 3.05) is 19.5 Å². The first-order chi connectivity index (χ1) is 14.0. The zero-order valence-electron chi connectivity index (χ0n) is 16.4. The van der Waals surface area contributed by atoms with Crippen molar-refractivity contribution in [3.05, 3.63) is 47.1 Å². The van der Waals surface area contributed by atoms with Crippen molar-refractivity contribution in [2.24, 2.45) is 7.05 Å². The van der Waals surface area contributed by atoms with Crippen molar-refractivity contribution in [3.63, 3.8) is 0 Å². The van der Waals surface area contributed by atoms with Gasteiger partial charge in [-0.25, -0.2) is 4.98 Å². The summed E-state index contributed by atoms with van der Waals surface area (Å²) < 4.78 is 12.2. The molecule has 1 aromatic carbocycles. The van der Waals surface area contributed by atoms with Crippen molar-refractivity contribution >= 4 is 33.3 Å². The molecule has 0 radical (unpaired) electrons. The highest BCUT2D eigenvalue weighted by atomic mass is 32.1. The van der Waals surface area contributed by atoms with Crippen LogP contribution in [-0.4, -0.2) is 39.6 Å². The molecule has 148 valence electrons. The van der Waals surface area contributed by atoms with Crippen LogP contribution < -0.4 is 14.8 Å². The number of benzene rings is 1. The van der Waals surface area contributed by atoms with Gasteiger partial charge in [0.25, 0.3) is 5.91 Å². The van der Waals surface area contributed by atoms with E-state index in [1.807, 2.05) is 24.6 Å². The molecule has 1 amide bonds. The number of carbonyl (C=O) groups is 1. The fraction of sp³-hybridized carbons (Fsp3) is 0.200. The lowest BCUT2D eigenvalue weighted by atomic mass is 10.1. The molecule has 0 aliphatic heterocycles. The Bertz CT molecular complexity index is 1190. The van der Waals surface area contributed by atoms with E-state index in [1.165, 1.54) is 31.6 Å². The molecule has 29 heavy (non-hydrogen) atoms. The van der Waals surface area contributed by atoms with Crippen LogP contribution in [0.25, 0.3) is 22.2 Å². The number of hydrogen-bond donors (Lipinski definition) is 1. The number of aryl methyl sites for hydroxylation is 1. The molecule has 8 nitrogen and oxygen atoms in total. The number of nitrogens with zero attached hydrogens (tertiary/aromatic N) is 4. The maximum atomic E-state index is 12.6. The number of methoxy groups -OCH3 is 2. The van der Waals surface area contributed by atoms with Gasteiger partial charge in [-0.3, -0.25) is 10.1 Å². The second-order valence-electron chi connectivity index (χ2n) is 6.31. The Balaban J connectivity index is 1.64.